The number of carbonyl (C=O) groups is 1. The summed E-state index contributed by atoms with van der Waals surface area (Å²) in [6.07, 6.45) is 2.22. The van der Waals surface area contributed by atoms with Gasteiger partial charge in [0.1, 0.15) is 0 Å². The fourth-order valence-electron chi connectivity index (χ4n) is 3.42. The number of aromatic nitrogens is 4. The summed E-state index contributed by atoms with van der Waals surface area (Å²) < 4.78 is 1.98. The van der Waals surface area contributed by atoms with Gasteiger partial charge in [-0.05, 0) is 25.1 Å². The summed E-state index contributed by atoms with van der Waals surface area (Å²) in [5, 5.41) is 11.3. The second-order valence-electron chi connectivity index (χ2n) is 7.48. The Bertz CT molecular complexity index is 1440. The van der Waals surface area contributed by atoms with Crippen LogP contribution in [0.4, 0.5) is 5.69 Å². The van der Waals surface area contributed by atoms with Crippen LogP contribution in [0.15, 0.2) is 77.0 Å². The fraction of sp³-hybridized carbons (Fsp3) is 0.0833. The topological polar surface area (TPSA) is 92.2 Å². The molecule has 0 bridgehead atoms. The highest BCUT2D eigenvalue weighted by Gasteiger charge is 2.13. The molecule has 32 heavy (non-hydrogen) atoms. The molecular weight excluding hydrogens is 422 g/mol. The Labute approximate surface area is 187 Å². The first-order chi connectivity index (χ1) is 15.5. The molecule has 0 saturated heterocycles. The third-order valence-electron chi connectivity index (χ3n) is 5.12. The van der Waals surface area contributed by atoms with E-state index in [-0.39, 0.29) is 17.9 Å². The van der Waals surface area contributed by atoms with E-state index in [2.05, 4.69) is 46.7 Å². The SMILES string of the molecule is Cc1ccc(-c2cn3c(CC(=O)Nc4ccc(-c5ccc(=O)[nH]n5)cc4)csc3n2)cc1. The number of anilines is 1. The van der Waals surface area contributed by atoms with Crippen LogP contribution in [0.2, 0.25) is 0 Å². The molecule has 5 aromatic rings. The summed E-state index contributed by atoms with van der Waals surface area (Å²) in [4.78, 5) is 29.3. The first-order valence-electron chi connectivity index (χ1n) is 10.0. The van der Waals surface area contributed by atoms with E-state index in [0.717, 1.165) is 27.5 Å². The van der Waals surface area contributed by atoms with E-state index in [1.807, 2.05) is 40.2 Å². The van der Waals surface area contributed by atoms with E-state index >= 15 is 0 Å². The molecule has 0 saturated carbocycles. The van der Waals surface area contributed by atoms with Gasteiger partial charge in [0.2, 0.25) is 5.91 Å². The molecule has 0 radical (unpaired) electrons. The Hall–Kier alpha value is -4.04. The van der Waals surface area contributed by atoms with Crippen molar-refractivity contribution in [3.05, 3.63) is 93.9 Å². The number of fused-ring (bicyclic) bond motifs is 1. The molecule has 3 aromatic heterocycles. The van der Waals surface area contributed by atoms with Crippen LogP contribution < -0.4 is 10.9 Å². The summed E-state index contributed by atoms with van der Waals surface area (Å²) in [5.74, 6) is -0.106. The molecule has 0 fully saturated rings. The molecule has 158 valence electrons. The zero-order valence-electron chi connectivity index (χ0n) is 17.2. The number of aromatic amines is 1. The number of hydrogen-bond donors (Lipinski definition) is 2. The van der Waals surface area contributed by atoms with Crippen molar-refractivity contribution in [2.24, 2.45) is 0 Å². The standard InChI is InChI=1S/C24H19N5O2S/c1-15-2-4-17(5-3-15)21-13-29-19(14-32-24(29)26-21)12-23(31)25-18-8-6-16(7-9-18)20-10-11-22(30)28-27-20/h2-11,13-14H,12H2,1H3,(H,25,31)(H,28,30). The lowest BCUT2D eigenvalue weighted by Gasteiger charge is -2.06. The molecule has 0 unspecified atom stereocenters. The maximum Gasteiger partial charge on any atom is 0.264 e. The van der Waals surface area contributed by atoms with E-state index in [1.165, 1.54) is 23.0 Å². The average molecular weight is 442 g/mol. The molecule has 0 spiro atoms. The van der Waals surface area contributed by atoms with Crippen molar-refractivity contribution in [1.29, 1.82) is 0 Å². The maximum atomic E-state index is 12.6. The summed E-state index contributed by atoms with van der Waals surface area (Å²) in [6, 6.07) is 18.7. The highest BCUT2D eigenvalue weighted by atomic mass is 32.1. The zero-order valence-corrected chi connectivity index (χ0v) is 18.0. The Balaban J connectivity index is 1.29. The number of thiazole rings is 1. The molecule has 3 heterocycles. The van der Waals surface area contributed by atoms with Crippen molar-refractivity contribution in [1.82, 2.24) is 19.6 Å². The Morgan fingerprint density at radius 1 is 1.00 bits per heavy atom. The van der Waals surface area contributed by atoms with Gasteiger partial charge >= 0.3 is 0 Å². The van der Waals surface area contributed by atoms with Gasteiger partial charge in [0.25, 0.3) is 5.56 Å². The fourth-order valence-corrected chi connectivity index (χ4v) is 4.29. The minimum Gasteiger partial charge on any atom is -0.326 e. The molecule has 0 aliphatic carbocycles. The van der Waals surface area contributed by atoms with Crippen molar-refractivity contribution < 1.29 is 4.79 Å². The normalized spacial score (nSPS) is 11.0. The molecular formula is C24H19N5O2S. The van der Waals surface area contributed by atoms with Crippen molar-refractivity contribution in [2.45, 2.75) is 13.3 Å². The van der Waals surface area contributed by atoms with E-state index in [0.29, 0.717) is 11.4 Å². The number of carbonyl (C=O) groups excluding carboxylic acids is 1. The van der Waals surface area contributed by atoms with Crippen molar-refractivity contribution >= 4 is 27.9 Å². The van der Waals surface area contributed by atoms with Gasteiger partial charge < -0.3 is 5.32 Å². The number of nitrogens with zero attached hydrogens (tertiary/aromatic N) is 3. The summed E-state index contributed by atoms with van der Waals surface area (Å²) in [7, 11) is 0. The van der Waals surface area contributed by atoms with Crippen LogP contribution in [0.3, 0.4) is 0 Å². The van der Waals surface area contributed by atoms with Crippen LogP contribution in [-0.2, 0) is 11.2 Å². The molecule has 1 amide bonds. The number of rotatable bonds is 5. The second-order valence-corrected chi connectivity index (χ2v) is 8.32. The summed E-state index contributed by atoms with van der Waals surface area (Å²) in [5.41, 5.74) is 6.00. The molecule has 8 heteroatoms. The lowest BCUT2D eigenvalue weighted by molar-refractivity contribution is -0.115. The lowest BCUT2D eigenvalue weighted by atomic mass is 10.1. The van der Waals surface area contributed by atoms with E-state index < -0.39 is 0 Å². The van der Waals surface area contributed by atoms with Crippen LogP contribution >= 0.6 is 11.3 Å². The maximum absolute atomic E-state index is 12.6. The highest BCUT2D eigenvalue weighted by Crippen LogP contribution is 2.25. The van der Waals surface area contributed by atoms with Gasteiger partial charge in [0, 0.05) is 40.2 Å². The molecule has 0 aliphatic heterocycles. The molecule has 0 atom stereocenters. The largest absolute Gasteiger partial charge is 0.326 e. The monoisotopic (exact) mass is 441 g/mol. The van der Waals surface area contributed by atoms with E-state index in [4.69, 9.17) is 4.98 Å². The smallest absolute Gasteiger partial charge is 0.264 e. The quantitative estimate of drug-likeness (QED) is 0.425. The zero-order chi connectivity index (χ0) is 22.1. The second kappa shape index (κ2) is 8.24. The minimum atomic E-state index is -0.246. The Morgan fingerprint density at radius 2 is 1.72 bits per heavy atom. The predicted octanol–water partition coefficient (Wildman–Crippen LogP) is 4.30. The van der Waals surface area contributed by atoms with Gasteiger partial charge in [-0.15, -0.1) is 11.3 Å². The first-order valence-corrected chi connectivity index (χ1v) is 10.9. The number of benzene rings is 2. The first kappa shape index (κ1) is 19.9. The average Bonchev–Trinajstić information content (AvgIpc) is 3.37. The predicted molar refractivity (Wildman–Crippen MR) is 126 cm³/mol. The van der Waals surface area contributed by atoms with Gasteiger partial charge in [0.15, 0.2) is 4.96 Å². The van der Waals surface area contributed by atoms with Gasteiger partial charge in [-0.2, -0.15) is 5.10 Å². The van der Waals surface area contributed by atoms with Gasteiger partial charge in [-0.25, -0.2) is 10.1 Å². The van der Waals surface area contributed by atoms with E-state index in [1.54, 1.807) is 6.07 Å². The van der Waals surface area contributed by atoms with Crippen LogP contribution in [0.1, 0.15) is 11.3 Å². The Morgan fingerprint density at radius 3 is 2.44 bits per heavy atom. The molecule has 2 N–H and O–H groups in total. The third kappa shape index (κ3) is 4.08. The van der Waals surface area contributed by atoms with Gasteiger partial charge in [-0.1, -0.05) is 42.0 Å². The lowest BCUT2D eigenvalue weighted by Crippen LogP contribution is -2.15. The number of H-pyrrole nitrogens is 1. The van der Waals surface area contributed by atoms with Crippen LogP contribution in [0.5, 0.6) is 0 Å². The Kier molecular flexibility index (Phi) is 5.12. The number of amides is 1. The number of imidazole rings is 1. The van der Waals surface area contributed by atoms with Crippen molar-refractivity contribution in [3.8, 4) is 22.5 Å². The third-order valence-corrected chi connectivity index (χ3v) is 6.00. The molecule has 0 aliphatic rings. The van der Waals surface area contributed by atoms with Gasteiger partial charge in [-0.3, -0.25) is 14.0 Å². The number of aryl methyl sites for hydroxylation is 1. The van der Waals surface area contributed by atoms with Gasteiger partial charge in [0.05, 0.1) is 17.8 Å². The van der Waals surface area contributed by atoms with Crippen LogP contribution in [0, 0.1) is 6.92 Å². The minimum absolute atomic E-state index is 0.106. The van der Waals surface area contributed by atoms with E-state index in [9.17, 15) is 9.59 Å². The summed E-state index contributed by atoms with van der Waals surface area (Å²) in [6.45, 7) is 2.06. The highest BCUT2D eigenvalue weighted by molar-refractivity contribution is 7.15. The number of nitrogens with one attached hydrogen (secondary N) is 2. The van der Waals surface area contributed by atoms with Crippen molar-refractivity contribution in [3.63, 3.8) is 0 Å². The summed E-state index contributed by atoms with van der Waals surface area (Å²) >= 11 is 1.52. The van der Waals surface area contributed by atoms with Crippen LogP contribution in [-0.4, -0.2) is 25.5 Å². The molecule has 2 aromatic carbocycles. The molecule has 5 rings (SSSR count). The number of hydrogen-bond acceptors (Lipinski definition) is 5. The van der Waals surface area contributed by atoms with Crippen LogP contribution in [0.25, 0.3) is 27.5 Å². The molecule has 7 nitrogen and oxygen atoms in total. The van der Waals surface area contributed by atoms with Crippen molar-refractivity contribution in [2.75, 3.05) is 5.32 Å².